The number of rotatable bonds is 6. The maximum absolute atomic E-state index is 11.6. The van der Waals surface area contributed by atoms with Gasteiger partial charge in [-0.15, -0.1) is 0 Å². The fourth-order valence-electron chi connectivity index (χ4n) is 1.54. The van der Waals surface area contributed by atoms with Crippen LogP contribution in [0.25, 0.3) is 0 Å². The molecule has 14 heavy (non-hydrogen) atoms. The summed E-state index contributed by atoms with van der Waals surface area (Å²) in [4.78, 5) is 23.3. The summed E-state index contributed by atoms with van der Waals surface area (Å²) in [6.45, 7) is 7.49. The number of hydrogen-bond acceptors (Lipinski definition) is 3. The number of ketones is 1. The van der Waals surface area contributed by atoms with Crippen molar-refractivity contribution in [3.63, 3.8) is 0 Å². The predicted octanol–water partition coefficient (Wildman–Crippen LogP) is 2.33. The molecule has 0 radical (unpaired) electrons. The lowest BCUT2D eigenvalue weighted by molar-refractivity contribution is -0.159. The van der Waals surface area contributed by atoms with E-state index in [2.05, 4.69) is 0 Å². The van der Waals surface area contributed by atoms with Gasteiger partial charge in [0.1, 0.15) is 11.2 Å². The molecular formula is C11H20O3. The van der Waals surface area contributed by atoms with Crippen molar-refractivity contribution < 1.29 is 14.3 Å². The summed E-state index contributed by atoms with van der Waals surface area (Å²) in [5, 5.41) is 0. The van der Waals surface area contributed by atoms with Crippen LogP contribution in [0.15, 0.2) is 0 Å². The Morgan fingerprint density at radius 1 is 1.21 bits per heavy atom. The van der Waals surface area contributed by atoms with E-state index >= 15 is 0 Å². The molecule has 0 aromatic heterocycles. The van der Waals surface area contributed by atoms with Crippen molar-refractivity contribution in [1.82, 2.24) is 0 Å². The Morgan fingerprint density at radius 2 is 1.79 bits per heavy atom. The highest BCUT2D eigenvalue weighted by Gasteiger charge is 2.39. The second-order valence-corrected chi connectivity index (χ2v) is 3.58. The van der Waals surface area contributed by atoms with Crippen molar-refractivity contribution in [2.24, 2.45) is 5.41 Å². The smallest absolute Gasteiger partial charge is 0.319 e. The minimum atomic E-state index is -0.931. The molecule has 0 aliphatic carbocycles. The van der Waals surface area contributed by atoms with Crippen LogP contribution in [-0.2, 0) is 14.3 Å². The molecule has 0 saturated carbocycles. The summed E-state index contributed by atoms with van der Waals surface area (Å²) in [5.41, 5.74) is -0.931. The third kappa shape index (κ3) is 2.82. The molecule has 0 bridgehead atoms. The Labute approximate surface area is 85.8 Å². The number of hydrogen-bond donors (Lipinski definition) is 0. The summed E-state index contributed by atoms with van der Waals surface area (Å²) in [5.74, 6) is -0.411. The van der Waals surface area contributed by atoms with Crippen molar-refractivity contribution in [2.45, 2.75) is 47.0 Å². The molecule has 0 amide bonds. The van der Waals surface area contributed by atoms with E-state index in [1.165, 1.54) is 0 Å². The third-order valence-electron chi connectivity index (χ3n) is 2.41. The SMILES string of the molecule is CCCC(C)(C(=O)CC)C(=O)OCC. The molecule has 1 unspecified atom stereocenters. The van der Waals surface area contributed by atoms with Gasteiger partial charge in [0.15, 0.2) is 0 Å². The first-order chi connectivity index (χ1) is 6.52. The van der Waals surface area contributed by atoms with Gasteiger partial charge in [-0.25, -0.2) is 0 Å². The molecule has 0 aromatic carbocycles. The van der Waals surface area contributed by atoms with E-state index in [4.69, 9.17) is 4.74 Å². The highest BCUT2D eigenvalue weighted by Crippen LogP contribution is 2.27. The summed E-state index contributed by atoms with van der Waals surface area (Å²) in [6.07, 6.45) is 1.76. The topological polar surface area (TPSA) is 43.4 Å². The number of ether oxygens (including phenoxy) is 1. The number of carbonyl (C=O) groups is 2. The molecule has 0 fully saturated rings. The van der Waals surface area contributed by atoms with E-state index in [0.717, 1.165) is 6.42 Å². The van der Waals surface area contributed by atoms with Crippen LogP contribution >= 0.6 is 0 Å². The van der Waals surface area contributed by atoms with Crippen molar-refractivity contribution in [2.75, 3.05) is 6.61 Å². The fourth-order valence-corrected chi connectivity index (χ4v) is 1.54. The third-order valence-corrected chi connectivity index (χ3v) is 2.41. The molecule has 1 atom stereocenters. The van der Waals surface area contributed by atoms with Crippen molar-refractivity contribution in [3.8, 4) is 0 Å². The average Bonchev–Trinajstić information content (AvgIpc) is 2.17. The molecule has 0 aliphatic heterocycles. The zero-order valence-corrected chi connectivity index (χ0v) is 9.55. The lowest BCUT2D eigenvalue weighted by atomic mass is 9.80. The number of esters is 1. The van der Waals surface area contributed by atoms with Crippen molar-refractivity contribution in [3.05, 3.63) is 0 Å². The van der Waals surface area contributed by atoms with Crippen molar-refractivity contribution >= 4 is 11.8 Å². The minimum absolute atomic E-state index is 0.0298. The van der Waals surface area contributed by atoms with Crippen LogP contribution < -0.4 is 0 Å². The minimum Gasteiger partial charge on any atom is -0.465 e. The Morgan fingerprint density at radius 3 is 2.14 bits per heavy atom. The molecule has 0 rings (SSSR count). The maximum Gasteiger partial charge on any atom is 0.319 e. The van der Waals surface area contributed by atoms with Crippen LogP contribution in [0.1, 0.15) is 47.0 Å². The Hall–Kier alpha value is -0.860. The Bertz CT molecular complexity index is 211. The van der Waals surface area contributed by atoms with Gasteiger partial charge in [-0.05, 0) is 20.3 Å². The molecular weight excluding hydrogens is 180 g/mol. The first kappa shape index (κ1) is 13.1. The normalized spacial score (nSPS) is 14.6. The molecule has 0 saturated heterocycles. The Kier molecular flexibility index (Phi) is 5.43. The number of Topliss-reactive ketones (excluding diaryl/α,β-unsaturated/α-hetero) is 1. The van der Waals surface area contributed by atoms with E-state index in [1.807, 2.05) is 6.92 Å². The summed E-state index contributed by atoms with van der Waals surface area (Å²) in [6, 6.07) is 0. The van der Waals surface area contributed by atoms with Gasteiger partial charge in [-0.1, -0.05) is 20.3 Å². The highest BCUT2D eigenvalue weighted by atomic mass is 16.5. The molecule has 0 N–H and O–H groups in total. The quantitative estimate of drug-likeness (QED) is 0.488. The zero-order valence-electron chi connectivity index (χ0n) is 9.55. The van der Waals surface area contributed by atoms with E-state index in [-0.39, 0.29) is 11.8 Å². The van der Waals surface area contributed by atoms with Crippen LogP contribution in [0.5, 0.6) is 0 Å². The van der Waals surface area contributed by atoms with Crippen molar-refractivity contribution in [1.29, 1.82) is 0 Å². The second kappa shape index (κ2) is 5.78. The average molecular weight is 200 g/mol. The lowest BCUT2D eigenvalue weighted by Crippen LogP contribution is -2.37. The van der Waals surface area contributed by atoms with Crippen LogP contribution in [-0.4, -0.2) is 18.4 Å². The lowest BCUT2D eigenvalue weighted by Gasteiger charge is -2.24. The van der Waals surface area contributed by atoms with Gasteiger partial charge in [-0.2, -0.15) is 0 Å². The maximum atomic E-state index is 11.6. The first-order valence-electron chi connectivity index (χ1n) is 5.23. The van der Waals surface area contributed by atoms with Gasteiger partial charge in [-0.3, -0.25) is 9.59 Å². The van der Waals surface area contributed by atoms with Gasteiger partial charge < -0.3 is 4.74 Å². The van der Waals surface area contributed by atoms with Gasteiger partial charge in [0.2, 0.25) is 0 Å². The molecule has 3 nitrogen and oxygen atoms in total. The molecule has 0 heterocycles. The molecule has 82 valence electrons. The van der Waals surface area contributed by atoms with Crippen LogP contribution in [0, 0.1) is 5.41 Å². The van der Waals surface area contributed by atoms with Crippen LogP contribution in [0.3, 0.4) is 0 Å². The highest BCUT2D eigenvalue weighted by molar-refractivity contribution is 6.03. The Balaban J connectivity index is 4.69. The van der Waals surface area contributed by atoms with E-state index < -0.39 is 5.41 Å². The molecule has 0 aromatic rings. The van der Waals surface area contributed by atoms with Crippen LogP contribution in [0.4, 0.5) is 0 Å². The van der Waals surface area contributed by atoms with Gasteiger partial charge >= 0.3 is 5.97 Å². The van der Waals surface area contributed by atoms with E-state index in [1.54, 1.807) is 20.8 Å². The zero-order chi connectivity index (χ0) is 11.2. The number of carbonyl (C=O) groups excluding carboxylic acids is 2. The summed E-state index contributed by atoms with van der Waals surface area (Å²) >= 11 is 0. The standard InChI is InChI=1S/C11H20O3/c1-5-8-11(4,9(12)6-2)10(13)14-7-3/h5-8H2,1-4H3. The fraction of sp³-hybridized carbons (Fsp3) is 0.818. The van der Waals surface area contributed by atoms with E-state index in [9.17, 15) is 9.59 Å². The van der Waals surface area contributed by atoms with E-state index in [0.29, 0.717) is 19.4 Å². The summed E-state index contributed by atoms with van der Waals surface area (Å²) < 4.78 is 4.92. The molecule has 0 aliphatic rings. The van der Waals surface area contributed by atoms with Gasteiger partial charge in [0.05, 0.1) is 6.61 Å². The first-order valence-corrected chi connectivity index (χ1v) is 5.23. The summed E-state index contributed by atoms with van der Waals surface area (Å²) in [7, 11) is 0. The second-order valence-electron chi connectivity index (χ2n) is 3.58. The van der Waals surface area contributed by atoms with Gasteiger partial charge in [0, 0.05) is 6.42 Å². The van der Waals surface area contributed by atoms with Crippen LogP contribution in [0.2, 0.25) is 0 Å². The van der Waals surface area contributed by atoms with Gasteiger partial charge in [0.25, 0.3) is 0 Å². The molecule has 0 spiro atoms. The molecule has 3 heteroatoms. The predicted molar refractivity (Wildman–Crippen MR) is 54.9 cm³/mol. The largest absolute Gasteiger partial charge is 0.465 e. The monoisotopic (exact) mass is 200 g/mol.